The van der Waals surface area contributed by atoms with Crippen LogP contribution in [0.15, 0.2) is 24.3 Å². The average molecular weight is 348 g/mol. The maximum atomic E-state index is 13.1. The van der Waals surface area contributed by atoms with E-state index in [1.165, 1.54) is 12.1 Å². The van der Waals surface area contributed by atoms with Crippen LogP contribution in [-0.4, -0.2) is 42.8 Å². The van der Waals surface area contributed by atoms with Crippen LogP contribution in [0, 0.1) is 11.2 Å². The fraction of sp³-hybridized carbons (Fsp3) is 0.650. The molecule has 1 aromatic rings. The second-order valence-electron chi connectivity index (χ2n) is 8.43. The summed E-state index contributed by atoms with van der Waals surface area (Å²) in [6.45, 7) is 9.28. The van der Waals surface area contributed by atoms with Crippen LogP contribution in [0.3, 0.4) is 0 Å². The van der Waals surface area contributed by atoms with E-state index in [9.17, 15) is 9.18 Å². The highest BCUT2D eigenvalue weighted by molar-refractivity contribution is 5.68. The Morgan fingerprint density at radius 1 is 1.00 bits per heavy atom. The lowest BCUT2D eigenvalue weighted by Crippen LogP contribution is -2.49. The Kier molecular flexibility index (Phi) is 4.94. The Labute approximate surface area is 149 Å². The summed E-state index contributed by atoms with van der Waals surface area (Å²) in [6.07, 6.45) is 4.16. The van der Waals surface area contributed by atoms with E-state index in [1.807, 2.05) is 37.8 Å². The summed E-state index contributed by atoms with van der Waals surface area (Å²) in [4.78, 5) is 16.4. The molecule has 1 aromatic carbocycles. The van der Waals surface area contributed by atoms with Crippen molar-refractivity contribution in [1.82, 2.24) is 4.90 Å². The van der Waals surface area contributed by atoms with Crippen molar-refractivity contribution < 1.29 is 13.9 Å². The number of carbonyl (C=O) groups is 1. The number of hydrogen-bond acceptors (Lipinski definition) is 3. The van der Waals surface area contributed by atoms with E-state index in [4.69, 9.17) is 4.74 Å². The number of anilines is 1. The molecule has 0 radical (unpaired) electrons. The van der Waals surface area contributed by atoms with Crippen LogP contribution in [0.2, 0.25) is 0 Å². The van der Waals surface area contributed by atoms with Crippen molar-refractivity contribution >= 4 is 11.8 Å². The highest BCUT2D eigenvalue weighted by atomic mass is 19.1. The number of amides is 1. The van der Waals surface area contributed by atoms with E-state index < -0.39 is 5.60 Å². The molecule has 0 atom stereocenters. The first kappa shape index (κ1) is 18.0. The Morgan fingerprint density at radius 3 is 2.04 bits per heavy atom. The molecule has 2 aliphatic rings. The normalized spacial score (nSPS) is 20.6. The van der Waals surface area contributed by atoms with Gasteiger partial charge in [-0.2, -0.15) is 0 Å². The minimum absolute atomic E-state index is 0.188. The first-order valence-corrected chi connectivity index (χ1v) is 9.25. The van der Waals surface area contributed by atoms with Crippen LogP contribution in [0.25, 0.3) is 0 Å². The monoisotopic (exact) mass is 348 g/mol. The van der Waals surface area contributed by atoms with Gasteiger partial charge in [-0.25, -0.2) is 9.18 Å². The van der Waals surface area contributed by atoms with Crippen molar-refractivity contribution in [1.29, 1.82) is 0 Å². The molecular weight excluding hydrogens is 319 g/mol. The lowest BCUT2D eigenvalue weighted by Gasteiger charge is -2.47. The number of carbonyl (C=O) groups excluding carboxylic acids is 1. The Morgan fingerprint density at radius 2 is 1.52 bits per heavy atom. The summed E-state index contributed by atoms with van der Waals surface area (Å²) in [7, 11) is 0. The predicted octanol–water partition coefficient (Wildman–Crippen LogP) is 4.44. The summed E-state index contributed by atoms with van der Waals surface area (Å²) in [5.74, 6) is -0.188. The molecule has 4 nitrogen and oxygen atoms in total. The van der Waals surface area contributed by atoms with E-state index >= 15 is 0 Å². The zero-order valence-electron chi connectivity index (χ0n) is 15.6. The second kappa shape index (κ2) is 6.85. The summed E-state index contributed by atoms with van der Waals surface area (Å²) in [5, 5.41) is 0. The molecule has 2 heterocycles. The molecule has 0 aliphatic carbocycles. The van der Waals surface area contributed by atoms with Gasteiger partial charge < -0.3 is 14.5 Å². The molecule has 2 fully saturated rings. The molecule has 3 rings (SSSR count). The van der Waals surface area contributed by atoms with Crippen molar-refractivity contribution in [2.45, 2.75) is 52.1 Å². The van der Waals surface area contributed by atoms with Crippen molar-refractivity contribution in [3.63, 3.8) is 0 Å². The standard InChI is InChI=1S/C20H29FN2O2/c1-19(2,3)25-18(24)23-14-10-20(11-15-23)8-12-22(13-9-20)17-6-4-16(21)5-7-17/h4-7H,8-15H2,1-3H3. The smallest absolute Gasteiger partial charge is 0.410 e. The third-order valence-electron chi connectivity index (χ3n) is 5.49. The molecule has 138 valence electrons. The van der Waals surface area contributed by atoms with E-state index in [-0.39, 0.29) is 11.9 Å². The zero-order chi connectivity index (χ0) is 18.1. The van der Waals surface area contributed by atoms with Gasteiger partial charge in [0.25, 0.3) is 0 Å². The Hall–Kier alpha value is -1.78. The molecule has 0 saturated carbocycles. The van der Waals surface area contributed by atoms with Gasteiger partial charge in [0.15, 0.2) is 0 Å². The number of piperidine rings is 2. The summed E-state index contributed by atoms with van der Waals surface area (Å²) in [6, 6.07) is 6.77. The van der Waals surface area contributed by atoms with Gasteiger partial charge in [-0.1, -0.05) is 0 Å². The fourth-order valence-electron chi connectivity index (χ4n) is 3.88. The molecular formula is C20H29FN2O2. The molecule has 25 heavy (non-hydrogen) atoms. The van der Waals surface area contributed by atoms with Gasteiger partial charge in [0.1, 0.15) is 11.4 Å². The van der Waals surface area contributed by atoms with Crippen LogP contribution in [0.4, 0.5) is 14.9 Å². The quantitative estimate of drug-likeness (QED) is 0.752. The number of ether oxygens (including phenoxy) is 1. The molecule has 0 bridgehead atoms. The Balaban J connectivity index is 1.51. The molecule has 2 aliphatic heterocycles. The first-order chi connectivity index (χ1) is 11.8. The lowest BCUT2D eigenvalue weighted by atomic mass is 9.71. The number of benzene rings is 1. The third kappa shape index (κ3) is 4.44. The van der Waals surface area contributed by atoms with Crippen LogP contribution in [-0.2, 0) is 4.74 Å². The highest BCUT2D eigenvalue weighted by Crippen LogP contribution is 2.42. The minimum atomic E-state index is -0.438. The summed E-state index contributed by atoms with van der Waals surface area (Å²) < 4.78 is 18.6. The molecule has 1 amide bonds. The van der Waals surface area contributed by atoms with Gasteiger partial charge in [0.05, 0.1) is 0 Å². The van der Waals surface area contributed by atoms with Crippen molar-refractivity contribution in [3.8, 4) is 0 Å². The molecule has 1 spiro atoms. The second-order valence-corrected chi connectivity index (χ2v) is 8.43. The van der Waals surface area contributed by atoms with Crippen molar-refractivity contribution in [2.24, 2.45) is 5.41 Å². The van der Waals surface area contributed by atoms with E-state index in [2.05, 4.69) is 4.90 Å². The minimum Gasteiger partial charge on any atom is -0.444 e. The number of likely N-dealkylation sites (tertiary alicyclic amines) is 1. The SMILES string of the molecule is CC(C)(C)OC(=O)N1CCC2(CC1)CCN(c1ccc(F)cc1)CC2. The van der Waals surface area contributed by atoms with Crippen LogP contribution < -0.4 is 4.90 Å². The maximum Gasteiger partial charge on any atom is 0.410 e. The average Bonchev–Trinajstić information content (AvgIpc) is 2.56. The van der Waals surface area contributed by atoms with Gasteiger partial charge in [-0.15, -0.1) is 0 Å². The van der Waals surface area contributed by atoms with E-state index in [0.29, 0.717) is 5.41 Å². The summed E-state index contributed by atoms with van der Waals surface area (Å²) in [5.41, 5.74) is 1.00. The molecule has 0 unspecified atom stereocenters. The largest absolute Gasteiger partial charge is 0.444 e. The predicted molar refractivity (Wildman–Crippen MR) is 97.3 cm³/mol. The molecule has 5 heteroatoms. The van der Waals surface area contributed by atoms with Gasteiger partial charge >= 0.3 is 6.09 Å². The van der Waals surface area contributed by atoms with Crippen molar-refractivity contribution in [3.05, 3.63) is 30.1 Å². The first-order valence-electron chi connectivity index (χ1n) is 9.25. The van der Waals surface area contributed by atoms with E-state index in [0.717, 1.165) is 57.5 Å². The van der Waals surface area contributed by atoms with Gasteiger partial charge in [-0.3, -0.25) is 0 Å². The zero-order valence-corrected chi connectivity index (χ0v) is 15.6. The molecule has 0 aromatic heterocycles. The molecule has 2 saturated heterocycles. The van der Waals surface area contributed by atoms with Gasteiger partial charge in [0, 0.05) is 31.9 Å². The topological polar surface area (TPSA) is 32.8 Å². The highest BCUT2D eigenvalue weighted by Gasteiger charge is 2.39. The van der Waals surface area contributed by atoms with Crippen LogP contribution >= 0.6 is 0 Å². The lowest BCUT2D eigenvalue weighted by molar-refractivity contribution is 0.00666. The van der Waals surface area contributed by atoms with Crippen LogP contribution in [0.5, 0.6) is 0 Å². The number of hydrogen-bond donors (Lipinski definition) is 0. The van der Waals surface area contributed by atoms with Crippen LogP contribution in [0.1, 0.15) is 46.5 Å². The third-order valence-corrected chi connectivity index (χ3v) is 5.49. The molecule has 0 N–H and O–H groups in total. The number of nitrogens with zero attached hydrogens (tertiary/aromatic N) is 2. The van der Waals surface area contributed by atoms with Gasteiger partial charge in [-0.05, 0) is 76.1 Å². The van der Waals surface area contributed by atoms with E-state index in [1.54, 1.807) is 0 Å². The maximum absolute atomic E-state index is 13.1. The number of halogens is 1. The summed E-state index contributed by atoms with van der Waals surface area (Å²) >= 11 is 0. The fourth-order valence-corrected chi connectivity index (χ4v) is 3.88. The van der Waals surface area contributed by atoms with Crippen molar-refractivity contribution in [2.75, 3.05) is 31.1 Å². The van der Waals surface area contributed by atoms with Gasteiger partial charge in [0.2, 0.25) is 0 Å². The number of rotatable bonds is 1. The Bertz CT molecular complexity index is 591.